The van der Waals surface area contributed by atoms with E-state index in [1.54, 1.807) is 53.4 Å². The number of benzene rings is 2. The average Bonchev–Trinajstić information content (AvgIpc) is 3.04. The molecule has 0 radical (unpaired) electrons. The molecular weight excluding hydrogens is 440 g/mol. The van der Waals surface area contributed by atoms with Gasteiger partial charge < -0.3 is 14.6 Å². The molecule has 7 nitrogen and oxygen atoms in total. The van der Waals surface area contributed by atoms with Crippen molar-refractivity contribution in [2.75, 3.05) is 13.7 Å². The fraction of sp³-hybridized carbons (Fsp3) is 0.227. The van der Waals surface area contributed by atoms with Crippen LogP contribution < -0.4 is 9.47 Å². The number of likely N-dealkylation sites (N-methyl/N-ethyl adjacent to an activating group) is 1. The fourth-order valence-electron chi connectivity index (χ4n) is 2.76. The maximum Gasteiger partial charge on any atom is 0.344 e. The van der Waals surface area contributed by atoms with E-state index in [-0.39, 0.29) is 5.91 Å². The van der Waals surface area contributed by atoms with Crippen molar-refractivity contribution >= 4 is 52.2 Å². The zero-order chi connectivity index (χ0) is 22.5. The Labute approximate surface area is 189 Å². The van der Waals surface area contributed by atoms with Crippen molar-refractivity contribution in [3.8, 4) is 11.5 Å². The van der Waals surface area contributed by atoms with E-state index in [4.69, 9.17) is 26.2 Å². The number of halogens is 1. The van der Waals surface area contributed by atoms with Crippen LogP contribution in [0.25, 0.3) is 6.08 Å². The van der Waals surface area contributed by atoms with Gasteiger partial charge in [-0.2, -0.15) is 0 Å². The molecule has 1 atom stereocenters. The minimum Gasteiger partial charge on any atom is -0.493 e. The van der Waals surface area contributed by atoms with Gasteiger partial charge >= 0.3 is 5.97 Å². The summed E-state index contributed by atoms with van der Waals surface area (Å²) in [6.07, 6.45) is 0.724. The third kappa shape index (κ3) is 5.39. The van der Waals surface area contributed by atoms with Gasteiger partial charge in [0.2, 0.25) is 0 Å². The number of carboxylic acids is 1. The molecule has 0 aliphatic carbocycles. The highest BCUT2D eigenvalue weighted by atomic mass is 35.5. The van der Waals surface area contributed by atoms with Crippen LogP contribution in [0, 0.1) is 0 Å². The maximum absolute atomic E-state index is 12.9. The number of hydrogen-bond donors (Lipinski definition) is 1. The molecule has 2 aromatic carbocycles. The van der Waals surface area contributed by atoms with Crippen LogP contribution in [0.1, 0.15) is 19.4 Å². The Kier molecular flexibility index (Phi) is 7.25. The van der Waals surface area contributed by atoms with Crippen molar-refractivity contribution in [1.82, 2.24) is 4.90 Å². The van der Waals surface area contributed by atoms with Gasteiger partial charge in [-0.3, -0.25) is 9.69 Å². The van der Waals surface area contributed by atoms with Crippen LogP contribution in [0.15, 0.2) is 52.4 Å². The normalized spacial score (nSPS) is 17.3. The number of amides is 1. The Morgan fingerprint density at radius 1 is 1.26 bits per heavy atom. The molecule has 0 saturated carbocycles. The number of amidine groups is 1. The first-order valence-corrected chi connectivity index (χ1v) is 10.6. The Balaban J connectivity index is 1.88. The number of carboxylic acid groups (broad SMARTS) is 1. The molecule has 1 aliphatic heterocycles. The highest BCUT2D eigenvalue weighted by Gasteiger charge is 2.32. The topological polar surface area (TPSA) is 88.4 Å². The lowest BCUT2D eigenvalue weighted by molar-refractivity contribution is -0.144. The third-order valence-electron chi connectivity index (χ3n) is 4.39. The number of aliphatic carboxylic acids is 1. The largest absolute Gasteiger partial charge is 0.493 e. The quantitative estimate of drug-likeness (QED) is 0.595. The lowest BCUT2D eigenvalue weighted by Crippen LogP contribution is -2.28. The molecule has 1 N–H and O–H groups in total. The number of methoxy groups -OCH3 is 1. The number of thioether (sulfide) groups is 1. The summed E-state index contributed by atoms with van der Waals surface area (Å²) in [5, 5.41) is 10.2. The highest BCUT2D eigenvalue weighted by molar-refractivity contribution is 8.18. The first kappa shape index (κ1) is 22.7. The van der Waals surface area contributed by atoms with Crippen molar-refractivity contribution in [2.24, 2.45) is 4.99 Å². The molecule has 31 heavy (non-hydrogen) atoms. The predicted molar refractivity (Wildman–Crippen MR) is 122 cm³/mol. The first-order valence-electron chi connectivity index (χ1n) is 9.45. The molecule has 2 aromatic rings. The SMILES string of the molecule is CCN1C(=O)/C(=C\c2ccc(OC(C)C(=O)O)c(OC)c2)SC1=Nc1ccc(Cl)cc1. The van der Waals surface area contributed by atoms with Crippen LogP contribution in [-0.2, 0) is 9.59 Å². The molecule has 1 fully saturated rings. The molecule has 9 heteroatoms. The molecule has 1 amide bonds. The number of nitrogens with zero attached hydrogens (tertiary/aromatic N) is 2. The van der Waals surface area contributed by atoms with Crippen LogP contribution in [0.3, 0.4) is 0 Å². The van der Waals surface area contributed by atoms with Crippen molar-refractivity contribution in [3.05, 3.63) is 58.0 Å². The lowest BCUT2D eigenvalue weighted by Gasteiger charge is -2.14. The maximum atomic E-state index is 12.9. The summed E-state index contributed by atoms with van der Waals surface area (Å²) in [7, 11) is 1.47. The highest BCUT2D eigenvalue weighted by Crippen LogP contribution is 2.36. The lowest BCUT2D eigenvalue weighted by atomic mass is 10.2. The van der Waals surface area contributed by atoms with Crippen molar-refractivity contribution in [1.29, 1.82) is 0 Å². The summed E-state index contributed by atoms with van der Waals surface area (Å²) in [4.78, 5) is 30.6. The monoisotopic (exact) mass is 460 g/mol. The molecular formula is C22H21ClN2O5S. The van der Waals surface area contributed by atoms with E-state index in [0.717, 1.165) is 0 Å². The van der Waals surface area contributed by atoms with Gasteiger partial charge in [-0.1, -0.05) is 17.7 Å². The van der Waals surface area contributed by atoms with Crippen molar-refractivity contribution in [3.63, 3.8) is 0 Å². The van der Waals surface area contributed by atoms with E-state index in [2.05, 4.69) is 4.99 Å². The van der Waals surface area contributed by atoms with Gasteiger partial charge in [0.1, 0.15) is 0 Å². The number of rotatable bonds is 7. The third-order valence-corrected chi connectivity index (χ3v) is 5.65. The van der Waals surface area contributed by atoms with Gasteiger partial charge in [-0.15, -0.1) is 0 Å². The number of hydrogen-bond acceptors (Lipinski definition) is 6. The van der Waals surface area contributed by atoms with E-state index in [9.17, 15) is 9.59 Å². The summed E-state index contributed by atoms with van der Waals surface area (Å²) in [5.41, 5.74) is 1.42. The molecule has 0 aromatic heterocycles. The van der Waals surface area contributed by atoms with Crippen LogP contribution in [-0.4, -0.2) is 46.8 Å². The van der Waals surface area contributed by atoms with Gasteiger partial charge in [0.25, 0.3) is 5.91 Å². The summed E-state index contributed by atoms with van der Waals surface area (Å²) in [6, 6.07) is 12.1. The number of carbonyl (C=O) groups is 2. The molecule has 0 bridgehead atoms. The van der Waals surface area contributed by atoms with Crippen LogP contribution in [0.2, 0.25) is 5.02 Å². The van der Waals surface area contributed by atoms with Crippen LogP contribution in [0.5, 0.6) is 11.5 Å². The van der Waals surface area contributed by atoms with Gasteiger partial charge in [0.05, 0.1) is 17.7 Å². The van der Waals surface area contributed by atoms with Crippen LogP contribution in [0.4, 0.5) is 5.69 Å². The Morgan fingerprint density at radius 3 is 2.58 bits per heavy atom. The average molecular weight is 461 g/mol. The second-order valence-corrected chi connectivity index (χ2v) is 7.99. The molecule has 1 unspecified atom stereocenters. The zero-order valence-electron chi connectivity index (χ0n) is 17.2. The summed E-state index contributed by atoms with van der Waals surface area (Å²) < 4.78 is 10.7. The Hall–Kier alpha value is -2.97. The minimum absolute atomic E-state index is 0.140. The summed E-state index contributed by atoms with van der Waals surface area (Å²) in [5.74, 6) is -0.530. The smallest absolute Gasteiger partial charge is 0.344 e. The van der Waals surface area contributed by atoms with Crippen molar-refractivity contribution < 1.29 is 24.2 Å². The number of ether oxygens (including phenoxy) is 2. The van der Waals surface area contributed by atoms with E-state index >= 15 is 0 Å². The molecule has 1 heterocycles. The zero-order valence-corrected chi connectivity index (χ0v) is 18.7. The second-order valence-electron chi connectivity index (χ2n) is 6.54. The second kappa shape index (κ2) is 9.89. The minimum atomic E-state index is -1.08. The van der Waals surface area contributed by atoms with E-state index in [1.165, 1.54) is 25.8 Å². The van der Waals surface area contributed by atoms with E-state index in [0.29, 0.717) is 44.4 Å². The first-order chi connectivity index (χ1) is 14.8. The molecule has 3 rings (SSSR count). The van der Waals surface area contributed by atoms with Gasteiger partial charge in [0.15, 0.2) is 22.8 Å². The molecule has 162 valence electrons. The predicted octanol–water partition coefficient (Wildman–Crippen LogP) is 4.82. The number of carbonyl (C=O) groups excluding carboxylic acids is 1. The van der Waals surface area contributed by atoms with E-state index < -0.39 is 12.1 Å². The van der Waals surface area contributed by atoms with E-state index in [1.807, 2.05) is 6.92 Å². The van der Waals surface area contributed by atoms with Crippen molar-refractivity contribution in [2.45, 2.75) is 20.0 Å². The molecule has 1 aliphatic rings. The summed E-state index contributed by atoms with van der Waals surface area (Å²) >= 11 is 7.21. The Morgan fingerprint density at radius 2 is 1.97 bits per heavy atom. The molecule has 1 saturated heterocycles. The Bertz CT molecular complexity index is 1050. The van der Waals surface area contributed by atoms with Gasteiger partial charge in [0, 0.05) is 11.6 Å². The standard InChI is InChI=1S/C22H21ClN2O5S/c1-4-25-20(26)19(31-22(25)24-16-8-6-15(23)7-9-16)12-14-5-10-17(18(11-14)29-3)30-13(2)21(27)28/h5-13H,4H2,1-3H3,(H,27,28)/b19-12+,24-22?. The number of aliphatic imine (C=N–C) groups is 1. The van der Waals surface area contributed by atoms with Gasteiger partial charge in [-0.05, 0) is 73.6 Å². The van der Waals surface area contributed by atoms with Crippen LogP contribution >= 0.6 is 23.4 Å². The van der Waals surface area contributed by atoms with Gasteiger partial charge in [-0.25, -0.2) is 9.79 Å². The molecule has 0 spiro atoms. The summed E-state index contributed by atoms with van der Waals surface area (Å²) in [6.45, 7) is 3.81. The fourth-order valence-corrected chi connectivity index (χ4v) is 3.95.